The first-order valence-electron chi connectivity index (χ1n) is 11.6. The molecule has 0 spiro atoms. The Morgan fingerprint density at radius 3 is 2.59 bits per heavy atom. The van der Waals surface area contributed by atoms with Crippen LogP contribution in [0, 0.1) is 5.41 Å². The average Bonchev–Trinajstić information content (AvgIpc) is 3.51. The molecule has 1 aliphatic carbocycles. The highest BCUT2D eigenvalue weighted by Crippen LogP contribution is 2.40. The van der Waals surface area contributed by atoms with Crippen molar-refractivity contribution in [3.8, 4) is 0 Å². The molecule has 32 heavy (non-hydrogen) atoms. The Bertz CT molecular complexity index is 989. The molecule has 1 aromatic carbocycles. The second kappa shape index (κ2) is 8.60. The monoisotopic (exact) mass is 438 g/mol. The molecular formula is C25H34N4O3. The summed E-state index contributed by atoms with van der Waals surface area (Å²) >= 11 is 0. The zero-order valence-corrected chi connectivity index (χ0v) is 19.4. The summed E-state index contributed by atoms with van der Waals surface area (Å²) in [6.07, 6.45) is 3.10. The van der Waals surface area contributed by atoms with Gasteiger partial charge in [0.1, 0.15) is 0 Å². The fourth-order valence-corrected chi connectivity index (χ4v) is 4.79. The van der Waals surface area contributed by atoms with Crippen LogP contribution in [-0.4, -0.2) is 44.8 Å². The van der Waals surface area contributed by atoms with Crippen LogP contribution in [-0.2, 0) is 4.79 Å². The van der Waals surface area contributed by atoms with Gasteiger partial charge in [-0.05, 0) is 55.1 Å². The van der Waals surface area contributed by atoms with Crippen molar-refractivity contribution in [2.24, 2.45) is 5.41 Å². The van der Waals surface area contributed by atoms with E-state index in [0.717, 1.165) is 24.1 Å². The van der Waals surface area contributed by atoms with Gasteiger partial charge in [-0.3, -0.25) is 9.89 Å². The lowest BCUT2D eigenvalue weighted by atomic mass is 9.75. The molecule has 0 radical (unpaired) electrons. The first kappa shape index (κ1) is 22.4. The largest absolute Gasteiger partial charge is 0.465 e. The molecule has 1 aliphatic heterocycles. The lowest BCUT2D eigenvalue weighted by molar-refractivity contribution is -0.117. The number of carbonyl (C=O) groups excluding carboxylic acids is 1. The van der Waals surface area contributed by atoms with E-state index >= 15 is 0 Å². The normalized spacial score (nSPS) is 22.4. The van der Waals surface area contributed by atoms with Crippen LogP contribution in [0.4, 0.5) is 10.6 Å². The van der Waals surface area contributed by atoms with Crippen LogP contribution in [0.15, 0.2) is 30.3 Å². The fraction of sp³-hybridized carbons (Fsp3) is 0.560. The Morgan fingerprint density at radius 2 is 1.94 bits per heavy atom. The molecule has 1 saturated carbocycles. The molecule has 7 nitrogen and oxygen atoms in total. The van der Waals surface area contributed by atoms with Crippen molar-refractivity contribution >= 4 is 17.8 Å². The van der Waals surface area contributed by atoms with Gasteiger partial charge in [-0.15, -0.1) is 0 Å². The Labute approximate surface area is 189 Å². The molecule has 1 saturated heterocycles. The van der Waals surface area contributed by atoms with E-state index in [1.807, 2.05) is 25.1 Å². The Balaban J connectivity index is 1.46. The maximum absolute atomic E-state index is 12.9. The molecule has 2 aliphatic rings. The van der Waals surface area contributed by atoms with Crippen LogP contribution in [0.5, 0.6) is 0 Å². The molecule has 2 aromatic rings. The van der Waals surface area contributed by atoms with E-state index in [1.54, 1.807) is 4.90 Å². The highest BCUT2D eigenvalue weighted by atomic mass is 16.4. The number of rotatable bonds is 5. The molecule has 2 fully saturated rings. The van der Waals surface area contributed by atoms with Crippen LogP contribution >= 0.6 is 0 Å². The Morgan fingerprint density at radius 1 is 1.19 bits per heavy atom. The van der Waals surface area contributed by atoms with Gasteiger partial charge >= 0.3 is 6.09 Å². The Kier molecular flexibility index (Phi) is 6.01. The number of hydrogen-bond acceptors (Lipinski definition) is 3. The van der Waals surface area contributed by atoms with Crippen LogP contribution < -0.4 is 5.32 Å². The number of nitrogens with zero attached hydrogens (tertiary/aromatic N) is 2. The summed E-state index contributed by atoms with van der Waals surface area (Å²) in [6.45, 7) is 8.74. The number of carboxylic acid groups (broad SMARTS) is 1. The molecule has 3 unspecified atom stereocenters. The van der Waals surface area contributed by atoms with Crippen molar-refractivity contribution in [2.75, 3.05) is 11.9 Å². The van der Waals surface area contributed by atoms with Crippen molar-refractivity contribution in [1.29, 1.82) is 0 Å². The van der Waals surface area contributed by atoms with Gasteiger partial charge < -0.3 is 15.3 Å². The first-order valence-corrected chi connectivity index (χ1v) is 11.6. The van der Waals surface area contributed by atoms with Crippen molar-refractivity contribution in [1.82, 2.24) is 15.1 Å². The van der Waals surface area contributed by atoms with E-state index in [-0.39, 0.29) is 29.2 Å². The van der Waals surface area contributed by atoms with Crippen LogP contribution in [0.25, 0.3) is 0 Å². The zero-order valence-electron chi connectivity index (χ0n) is 19.4. The molecule has 2 heterocycles. The maximum atomic E-state index is 12.9. The second-order valence-electron chi connectivity index (χ2n) is 10.4. The van der Waals surface area contributed by atoms with E-state index in [0.29, 0.717) is 18.3 Å². The van der Waals surface area contributed by atoms with E-state index in [4.69, 9.17) is 0 Å². The topological polar surface area (TPSA) is 98.3 Å². The first-order chi connectivity index (χ1) is 15.1. The number of anilines is 1. The van der Waals surface area contributed by atoms with E-state index < -0.39 is 6.09 Å². The number of piperidine rings is 1. The van der Waals surface area contributed by atoms with Gasteiger partial charge in [0.15, 0.2) is 5.82 Å². The number of H-pyrrole nitrogens is 1. The van der Waals surface area contributed by atoms with Gasteiger partial charge in [0.05, 0.1) is 5.92 Å². The molecule has 7 heteroatoms. The lowest BCUT2D eigenvalue weighted by Crippen LogP contribution is -2.51. The van der Waals surface area contributed by atoms with Gasteiger partial charge in [-0.2, -0.15) is 5.10 Å². The minimum Gasteiger partial charge on any atom is -0.465 e. The van der Waals surface area contributed by atoms with Crippen molar-refractivity contribution < 1.29 is 14.7 Å². The number of aromatic amines is 1. The third-order valence-corrected chi connectivity index (χ3v) is 6.99. The second-order valence-corrected chi connectivity index (χ2v) is 10.4. The third kappa shape index (κ3) is 4.81. The smallest absolute Gasteiger partial charge is 0.407 e. The number of likely N-dealkylation sites (tertiary alicyclic amines) is 1. The zero-order chi connectivity index (χ0) is 23.0. The fourth-order valence-electron chi connectivity index (χ4n) is 4.79. The maximum Gasteiger partial charge on any atom is 0.407 e. The molecule has 3 atom stereocenters. The summed E-state index contributed by atoms with van der Waals surface area (Å²) in [5, 5.41) is 19.8. The van der Waals surface area contributed by atoms with Crippen LogP contribution in [0.2, 0.25) is 0 Å². The quantitative estimate of drug-likeness (QED) is 0.590. The van der Waals surface area contributed by atoms with E-state index in [9.17, 15) is 14.7 Å². The Hall–Kier alpha value is -2.83. The van der Waals surface area contributed by atoms with Gasteiger partial charge in [0, 0.05) is 30.3 Å². The van der Waals surface area contributed by atoms with E-state index in [1.165, 1.54) is 18.4 Å². The summed E-state index contributed by atoms with van der Waals surface area (Å²) in [6, 6.07) is 10.1. The number of hydrogen-bond donors (Lipinski definition) is 3. The highest BCUT2D eigenvalue weighted by Gasteiger charge is 2.39. The van der Waals surface area contributed by atoms with Gasteiger partial charge in [-0.1, -0.05) is 45.0 Å². The van der Waals surface area contributed by atoms with Gasteiger partial charge in [0.25, 0.3) is 0 Å². The van der Waals surface area contributed by atoms with Crippen LogP contribution in [0.1, 0.15) is 88.0 Å². The van der Waals surface area contributed by atoms with E-state index in [2.05, 4.69) is 48.4 Å². The molecule has 1 aromatic heterocycles. The summed E-state index contributed by atoms with van der Waals surface area (Å²) in [5.74, 6) is 1.02. The molecule has 2 amide bonds. The van der Waals surface area contributed by atoms with Crippen molar-refractivity contribution in [3.05, 3.63) is 47.2 Å². The molecular weight excluding hydrogens is 404 g/mol. The van der Waals surface area contributed by atoms with Gasteiger partial charge in [-0.25, -0.2) is 4.79 Å². The van der Waals surface area contributed by atoms with Crippen molar-refractivity contribution in [2.45, 2.75) is 77.2 Å². The summed E-state index contributed by atoms with van der Waals surface area (Å²) in [5.41, 5.74) is 3.10. The average molecular weight is 439 g/mol. The molecule has 4 rings (SSSR count). The predicted molar refractivity (Wildman–Crippen MR) is 124 cm³/mol. The van der Waals surface area contributed by atoms with Crippen LogP contribution in [0.3, 0.4) is 0 Å². The van der Waals surface area contributed by atoms with Gasteiger partial charge in [0.2, 0.25) is 5.91 Å². The number of amides is 2. The highest BCUT2D eigenvalue weighted by molar-refractivity contribution is 5.94. The number of benzene rings is 1. The number of nitrogens with one attached hydrogen (secondary N) is 2. The summed E-state index contributed by atoms with van der Waals surface area (Å²) in [7, 11) is 0. The molecule has 3 N–H and O–H groups in total. The minimum absolute atomic E-state index is 0.0385. The number of carbonyl (C=O) groups is 2. The minimum atomic E-state index is -0.842. The van der Waals surface area contributed by atoms with Crippen molar-refractivity contribution in [3.63, 3.8) is 0 Å². The lowest BCUT2D eigenvalue weighted by Gasteiger charge is -2.44. The standard InChI is InChI=1S/C25H34N4O3/c1-15(23(30)26-22-14-20(27-28-22)16-8-9-16)17-6-5-7-18(12-17)19-10-11-29(24(31)32)21(13-19)25(2,3)4/h5-7,12,14-16,19,21H,8-11,13H2,1-4H3,(H,31,32)(H2,26,27,28,30). The SMILES string of the molecule is CC(C(=O)Nc1cc(C2CC2)[nH]n1)c1cccc(C2CCN(C(=O)O)C(C(C)(C)C)C2)c1. The molecule has 0 bridgehead atoms. The summed E-state index contributed by atoms with van der Waals surface area (Å²) < 4.78 is 0. The summed E-state index contributed by atoms with van der Waals surface area (Å²) in [4.78, 5) is 26.2. The number of aromatic nitrogens is 2. The predicted octanol–water partition coefficient (Wildman–Crippen LogP) is 5.30. The molecule has 172 valence electrons. The third-order valence-electron chi connectivity index (χ3n) is 6.99.